The third-order valence-corrected chi connectivity index (χ3v) is 3.25. The van der Waals surface area contributed by atoms with Crippen LogP contribution < -0.4 is 5.32 Å². The van der Waals surface area contributed by atoms with Crippen molar-refractivity contribution in [3.05, 3.63) is 35.9 Å². The molecule has 0 saturated carbocycles. The highest BCUT2D eigenvalue weighted by Crippen LogP contribution is 2.24. The summed E-state index contributed by atoms with van der Waals surface area (Å²) in [6.45, 7) is 5.75. The second kappa shape index (κ2) is 6.36. The summed E-state index contributed by atoms with van der Waals surface area (Å²) in [5, 5.41) is 2.56. The number of nitrogens with one attached hydrogen (secondary N) is 1. The normalized spacial score (nSPS) is 21.3. The van der Waals surface area contributed by atoms with Crippen molar-refractivity contribution in [3.63, 3.8) is 0 Å². The number of carbonyl (C=O) groups is 2. The maximum Gasteiger partial charge on any atom is 0.408 e. The van der Waals surface area contributed by atoms with Gasteiger partial charge in [0.05, 0.1) is 0 Å². The number of hydrogen-bond donors (Lipinski definition) is 1. The van der Waals surface area contributed by atoms with Crippen LogP contribution in [-0.2, 0) is 20.8 Å². The molecular weight excluding hydrogens is 284 g/mol. The van der Waals surface area contributed by atoms with Crippen molar-refractivity contribution in [3.8, 4) is 0 Å². The lowest BCUT2D eigenvalue weighted by Gasteiger charge is -2.45. The molecule has 1 aromatic rings. The topological polar surface area (TPSA) is 67.9 Å². The number of amides is 2. The smallest absolute Gasteiger partial charge is 0.408 e. The quantitative estimate of drug-likeness (QED) is 0.863. The van der Waals surface area contributed by atoms with Gasteiger partial charge in [-0.15, -0.1) is 0 Å². The summed E-state index contributed by atoms with van der Waals surface area (Å²) in [5.74, 6) is -0.179. The molecule has 1 fully saturated rings. The molecule has 0 radical (unpaired) electrons. The molecule has 6 heteroatoms. The van der Waals surface area contributed by atoms with Crippen LogP contribution in [0.3, 0.4) is 0 Å². The van der Waals surface area contributed by atoms with Crippen LogP contribution in [-0.4, -0.2) is 41.9 Å². The van der Waals surface area contributed by atoms with Crippen LogP contribution in [0.2, 0.25) is 0 Å². The summed E-state index contributed by atoms with van der Waals surface area (Å²) in [5.41, 5.74) is 0.400. The zero-order valence-electron chi connectivity index (χ0n) is 13.3. The summed E-state index contributed by atoms with van der Waals surface area (Å²) in [4.78, 5) is 25.6. The van der Waals surface area contributed by atoms with Gasteiger partial charge in [0.1, 0.15) is 5.60 Å². The average molecular weight is 306 g/mol. The lowest BCUT2D eigenvalue weighted by Crippen LogP contribution is -2.71. The Balaban J connectivity index is 1.95. The maximum atomic E-state index is 12.2. The monoisotopic (exact) mass is 306 g/mol. The molecule has 0 aromatic heterocycles. The van der Waals surface area contributed by atoms with Crippen LogP contribution in [0.1, 0.15) is 26.3 Å². The third-order valence-electron chi connectivity index (χ3n) is 3.25. The second-order valence-electron chi connectivity index (χ2n) is 6.20. The number of hydrogen-bond acceptors (Lipinski definition) is 4. The van der Waals surface area contributed by atoms with Crippen molar-refractivity contribution in [2.45, 2.75) is 45.2 Å². The largest absolute Gasteiger partial charge is 0.444 e. The molecule has 1 saturated heterocycles. The summed E-state index contributed by atoms with van der Waals surface area (Å²) >= 11 is 0. The van der Waals surface area contributed by atoms with E-state index in [0.29, 0.717) is 6.54 Å². The van der Waals surface area contributed by atoms with E-state index in [0.717, 1.165) is 5.56 Å². The van der Waals surface area contributed by atoms with Crippen LogP contribution in [0.25, 0.3) is 0 Å². The average Bonchev–Trinajstić information content (AvgIpc) is 2.44. The highest BCUT2D eigenvalue weighted by atomic mass is 16.6. The first-order valence-electron chi connectivity index (χ1n) is 7.18. The van der Waals surface area contributed by atoms with Crippen LogP contribution >= 0.6 is 0 Å². The van der Waals surface area contributed by atoms with Gasteiger partial charge < -0.3 is 19.7 Å². The molecule has 1 aliphatic rings. The summed E-state index contributed by atoms with van der Waals surface area (Å²) in [6.07, 6.45) is -1.10. The van der Waals surface area contributed by atoms with Gasteiger partial charge >= 0.3 is 6.09 Å². The van der Waals surface area contributed by atoms with E-state index in [1.165, 1.54) is 7.11 Å². The zero-order valence-corrected chi connectivity index (χ0v) is 13.3. The van der Waals surface area contributed by atoms with Crippen LogP contribution in [0.15, 0.2) is 30.3 Å². The highest BCUT2D eigenvalue weighted by molar-refractivity contribution is 5.91. The van der Waals surface area contributed by atoms with Crippen LogP contribution in [0, 0.1) is 0 Å². The van der Waals surface area contributed by atoms with E-state index in [1.807, 2.05) is 30.3 Å². The van der Waals surface area contributed by atoms with E-state index in [9.17, 15) is 9.59 Å². The molecule has 1 aliphatic heterocycles. The fourth-order valence-corrected chi connectivity index (χ4v) is 2.30. The summed E-state index contributed by atoms with van der Waals surface area (Å²) < 4.78 is 10.5. The SMILES string of the molecule is CO[C@@H]1[C@@H](NC(=O)OC(C)(C)C)C(=O)N1Cc1ccccc1. The predicted octanol–water partition coefficient (Wildman–Crippen LogP) is 1.89. The molecule has 2 atom stereocenters. The number of likely N-dealkylation sites (tertiary alicyclic amines) is 1. The van der Waals surface area contributed by atoms with Gasteiger partial charge in [-0.25, -0.2) is 4.79 Å². The molecule has 6 nitrogen and oxygen atoms in total. The number of nitrogens with zero attached hydrogens (tertiary/aromatic N) is 1. The summed E-state index contributed by atoms with van der Waals surface area (Å²) in [6, 6.07) is 8.92. The van der Waals surface area contributed by atoms with Gasteiger partial charge in [0.15, 0.2) is 12.3 Å². The van der Waals surface area contributed by atoms with E-state index < -0.39 is 24.0 Å². The van der Waals surface area contributed by atoms with Crippen molar-refractivity contribution in [2.75, 3.05) is 7.11 Å². The molecule has 2 rings (SSSR count). The molecule has 1 aromatic carbocycles. The molecule has 0 unspecified atom stereocenters. The molecule has 120 valence electrons. The minimum absolute atomic E-state index is 0.179. The molecular formula is C16H22N2O4. The van der Waals surface area contributed by atoms with Gasteiger partial charge in [0.2, 0.25) is 0 Å². The standard InChI is InChI=1S/C16H22N2O4/c1-16(2,3)22-15(20)17-12-13(19)18(14(12)21-4)10-11-8-6-5-7-9-11/h5-9,12,14H,10H2,1-4H3,(H,17,20)/t12-,14+/m0/s1. The molecule has 22 heavy (non-hydrogen) atoms. The Hall–Kier alpha value is -2.08. The van der Waals surface area contributed by atoms with Crippen molar-refractivity contribution >= 4 is 12.0 Å². The Morgan fingerprint density at radius 2 is 1.91 bits per heavy atom. The molecule has 0 spiro atoms. The van der Waals surface area contributed by atoms with Gasteiger partial charge in [-0.3, -0.25) is 4.79 Å². The fourth-order valence-electron chi connectivity index (χ4n) is 2.30. The number of carbonyl (C=O) groups excluding carboxylic acids is 2. The Labute approximate surface area is 130 Å². The van der Waals surface area contributed by atoms with E-state index in [2.05, 4.69) is 5.32 Å². The van der Waals surface area contributed by atoms with E-state index in [4.69, 9.17) is 9.47 Å². The molecule has 1 heterocycles. The van der Waals surface area contributed by atoms with E-state index >= 15 is 0 Å². The first-order chi connectivity index (χ1) is 10.3. The maximum absolute atomic E-state index is 12.2. The first-order valence-corrected chi connectivity index (χ1v) is 7.18. The zero-order chi connectivity index (χ0) is 16.3. The Bertz CT molecular complexity index is 539. The van der Waals surface area contributed by atoms with Crippen molar-refractivity contribution in [1.29, 1.82) is 0 Å². The lowest BCUT2D eigenvalue weighted by molar-refractivity contribution is -0.180. The predicted molar refractivity (Wildman–Crippen MR) is 80.9 cm³/mol. The molecule has 1 N–H and O–H groups in total. The number of benzene rings is 1. The van der Waals surface area contributed by atoms with Gasteiger partial charge in [0, 0.05) is 13.7 Å². The number of β-lactam (4-membered cyclic amide) rings is 1. The van der Waals surface area contributed by atoms with Gasteiger partial charge in [-0.05, 0) is 26.3 Å². The van der Waals surface area contributed by atoms with Gasteiger partial charge in [0.25, 0.3) is 5.91 Å². The number of rotatable bonds is 4. The molecule has 2 amide bonds. The van der Waals surface area contributed by atoms with Gasteiger partial charge in [-0.2, -0.15) is 0 Å². The minimum atomic E-state index is -0.705. The van der Waals surface area contributed by atoms with Crippen molar-refractivity contribution in [1.82, 2.24) is 10.2 Å². The Kier molecular flexibility index (Phi) is 4.71. The number of methoxy groups -OCH3 is 1. The Morgan fingerprint density at radius 1 is 1.27 bits per heavy atom. The van der Waals surface area contributed by atoms with Gasteiger partial charge in [-0.1, -0.05) is 30.3 Å². The molecule has 0 bridgehead atoms. The molecule has 0 aliphatic carbocycles. The van der Waals surface area contributed by atoms with Crippen LogP contribution in [0.4, 0.5) is 4.79 Å². The first kappa shape index (κ1) is 16.3. The van der Waals surface area contributed by atoms with E-state index in [1.54, 1.807) is 25.7 Å². The van der Waals surface area contributed by atoms with Crippen LogP contribution in [0.5, 0.6) is 0 Å². The Morgan fingerprint density at radius 3 is 2.45 bits per heavy atom. The number of ether oxygens (including phenoxy) is 2. The van der Waals surface area contributed by atoms with E-state index in [-0.39, 0.29) is 5.91 Å². The second-order valence-corrected chi connectivity index (χ2v) is 6.20. The third kappa shape index (κ3) is 3.76. The number of alkyl carbamates (subject to hydrolysis) is 1. The highest BCUT2D eigenvalue weighted by Gasteiger charge is 2.49. The van der Waals surface area contributed by atoms with Crippen molar-refractivity contribution in [2.24, 2.45) is 0 Å². The summed E-state index contributed by atoms with van der Waals surface area (Å²) in [7, 11) is 1.51. The minimum Gasteiger partial charge on any atom is -0.444 e. The van der Waals surface area contributed by atoms with Crippen molar-refractivity contribution < 1.29 is 19.1 Å². The fraction of sp³-hybridized carbons (Fsp3) is 0.500. The lowest BCUT2D eigenvalue weighted by atomic mass is 10.0.